The highest BCUT2D eigenvalue weighted by atomic mass is 16.5. The van der Waals surface area contributed by atoms with Crippen LogP contribution in [-0.4, -0.2) is 56.2 Å². The lowest BCUT2D eigenvalue weighted by Gasteiger charge is -2.29. The second-order valence-corrected chi connectivity index (χ2v) is 8.69. The number of benzene rings is 1. The van der Waals surface area contributed by atoms with Crippen molar-refractivity contribution < 1.29 is 9.53 Å². The molecule has 1 aliphatic heterocycles. The predicted molar refractivity (Wildman–Crippen MR) is 126 cm³/mol. The summed E-state index contributed by atoms with van der Waals surface area (Å²) in [4.78, 5) is 18.9. The molecule has 6 nitrogen and oxygen atoms in total. The molecule has 1 aromatic carbocycles. The molecule has 1 heterocycles. The molecule has 0 aromatic heterocycles. The third kappa shape index (κ3) is 7.23. The number of nitrogens with zero attached hydrogens (tertiary/aromatic N) is 2. The van der Waals surface area contributed by atoms with Gasteiger partial charge in [0, 0.05) is 46.3 Å². The van der Waals surface area contributed by atoms with Crippen molar-refractivity contribution in [1.29, 1.82) is 0 Å². The largest absolute Gasteiger partial charge is 0.378 e. The van der Waals surface area contributed by atoms with E-state index in [0.29, 0.717) is 18.4 Å². The monoisotopic (exact) mass is 428 g/mol. The van der Waals surface area contributed by atoms with E-state index >= 15 is 0 Å². The fourth-order valence-electron chi connectivity index (χ4n) is 4.86. The van der Waals surface area contributed by atoms with E-state index in [-0.39, 0.29) is 5.91 Å². The Balaban J connectivity index is 1.31. The van der Waals surface area contributed by atoms with Gasteiger partial charge in [0.05, 0.1) is 6.10 Å². The van der Waals surface area contributed by atoms with Gasteiger partial charge in [-0.3, -0.25) is 9.79 Å². The highest BCUT2D eigenvalue weighted by Gasteiger charge is 2.25. The quantitative estimate of drug-likeness (QED) is 0.340. The van der Waals surface area contributed by atoms with Crippen molar-refractivity contribution >= 4 is 11.9 Å². The number of hydrogen-bond acceptors (Lipinski definition) is 3. The summed E-state index contributed by atoms with van der Waals surface area (Å²) < 4.78 is 6.00. The van der Waals surface area contributed by atoms with E-state index < -0.39 is 0 Å². The Morgan fingerprint density at radius 1 is 1.19 bits per heavy atom. The standard InChI is InChI=1S/C25H40N4O2/c1-3-31-23(21-10-5-6-11-21)14-17-28-25(26-2)27-16-8-13-24(30)29-18-15-20-9-4-7-12-22(20)19-29/h4,7,9,12,21,23H,3,5-6,8,10-11,13-19H2,1-2H3,(H2,26,27,28). The van der Waals surface area contributed by atoms with Crippen LogP contribution < -0.4 is 10.6 Å². The number of carbonyl (C=O) groups is 1. The molecule has 1 saturated carbocycles. The Morgan fingerprint density at radius 3 is 2.68 bits per heavy atom. The molecule has 172 valence electrons. The Morgan fingerprint density at radius 2 is 1.94 bits per heavy atom. The molecule has 2 aliphatic rings. The topological polar surface area (TPSA) is 66.0 Å². The highest BCUT2D eigenvalue weighted by molar-refractivity contribution is 5.80. The molecule has 0 bridgehead atoms. The van der Waals surface area contributed by atoms with Crippen LogP contribution in [0.3, 0.4) is 0 Å². The number of rotatable bonds is 10. The van der Waals surface area contributed by atoms with Gasteiger partial charge in [0.2, 0.25) is 5.91 Å². The van der Waals surface area contributed by atoms with Crippen molar-refractivity contribution in [2.45, 2.75) is 70.9 Å². The Bertz CT molecular complexity index is 715. The van der Waals surface area contributed by atoms with Crippen LogP contribution in [0.2, 0.25) is 0 Å². The third-order valence-electron chi connectivity index (χ3n) is 6.59. The Kier molecular flexibility index (Phi) is 9.66. The van der Waals surface area contributed by atoms with Gasteiger partial charge in [-0.15, -0.1) is 0 Å². The van der Waals surface area contributed by atoms with E-state index in [1.807, 2.05) is 4.90 Å². The van der Waals surface area contributed by atoms with Crippen LogP contribution in [0.25, 0.3) is 0 Å². The van der Waals surface area contributed by atoms with Crippen LogP contribution in [0, 0.1) is 5.92 Å². The van der Waals surface area contributed by atoms with Crippen molar-refractivity contribution in [3.63, 3.8) is 0 Å². The summed E-state index contributed by atoms with van der Waals surface area (Å²) in [5.41, 5.74) is 2.66. The maximum Gasteiger partial charge on any atom is 0.222 e. The van der Waals surface area contributed by atoms with Gasteiger partial charge in [-0.1, -0.05) is 37.1 Å². The average Bonchev–Trinajstić information content (AvgIpc) is 3.34. The number of nitrogens with one attached hydrogen (secondary N) is 2. The van der Waals surface area contributed by atoms with Gasteiger partial charge < -0.3 is 20.3 Å². The summed E-state index contributed by atoms with van der Waals surface area (Å²) in [6, 6.07) is 8.44. The van der Waals surface area contributed by atoms with Crippen LogP contribution in [0.1, 0.15) is 63.0 Å². The molecule has 1 aromatic rings. The van der Waals surface area contributed by atoms with Gasteiger partial charge in [-0.05, 0) is 56.1 Å². The molecule has 0 radical (unpaired) electrons. The first kappa shape index (κ1) is 23.6. The number of ether oxygens (including phenoxy) is 1. The minimum atomic E-state index is 0.246. The van der Waals surface area contributed by atoms with Crippen LogP contribution in [0.15, 0.2) is 29.3 Å². The lowest BCUT2D eigenvalue weighted by molar-refractivity contribution is -0.132. The molecule has 0 spiro atoms. The lowest BCUT2D eigenvalue weighted by atomic mass is 9.98. The smallest absolute Gasteiger partial charge is 0.222 e. The highest BCUT2D eigenvalue weighted by Crippen LogP contribution is 2.30. The number of fused-ring (bicyclic) bond motifs is 1. The molecule has 1 unspecified atom stereocenters. The van der Waals surface area contributed by atoms with E-state index in [9.17, 15) is 4.79 Å². The SMILES string of the molecule is CCOC(CCNC(=NC)NCCCC(=O)N1CCc2ccccc2C1)C1CCCC1. The number of aliphatic imine (C=N–C) groups is 1. The molecule has 1 fully saturated rings. The minimum Gasteiger partial charge on any atom is -0.378 e. The maximum atomic E-state index is 12.6. The van der Waals surface area contributed by atoms with E-state index in [0.717, 1.165) is 58.0 Å². The van der Waals surface area contributed by atoms with Crippen molar-refractivity contribution in [3.8, 4) is 0 Å². The second-order valence-electron chi connectivity index (χ2n) is 8.69. The summed E-state index contributed by atoms with van der Waals surface area (Å²) in [5.74, 6) is 1.76. The van der Waals surface area contributed by atoms with Crippen molar-refractivity contribution in [2.24, 2.45) is 10.9 Å². The van der Waals surface area contributed by atoms with E-state index in [1.165, 1.54) is 36.8 Å². The molecule has 2 N–H and O–H groups in total. The Labute approximate surface area is 187 Å². The molecule has 31 heavy (non-hydrogen) atoms. The number of hydrogen-bond donors (Lipinski definition) is 2. The molecule has 1 aliphatic carbocycles. The minimum absolute atomic E-state index is 0.246. The molecule has 6 heteroatoms. The summed E-state index contributed by atoms with van der Waals surface area (Å²) in [7, 11) is 1.79. The second kappa shape index (κ2) is 12.7. The van der Waals surface area contributed by atoms with E-state index in [1.54, 1.807) is 7.05 Å². The summed E-state index contributed by atoms with van der Waals surface area (Å²) >= 11 is 0. The fourth-order valence-corrected chi connectivity index (χ4v) is 4.86. The summed E-state index contributed by atoms with van der Waals surface area (Å²) in [5, 5.41) is 6.75. The first-order chi connectivity index (χ1) is 15.2. The van der Waals surface area contributed by atoms with E-state index in [2.05, 4.69) is 46.8 Å². The van der Waals surface area contributed by atoms with Gasteiger partial charge in [0.25, 0.3) is 0 Å². The molecule has 1 amide bonds. The third-order valence-corrected chi connectivity index (χ3v) is 6.59. The zero-order chi connectivity index (χ0) is 21.9. The summed E-state index contributed by atoms with van der Waals surface area (Å²) in [6.07, 6.45) is 8.98. The van der Waals surface area contributed by atoms with Gasteiger partial charge in [0.15, 0.2) is 5.96 Å². The van der Waals surface area contributed by atoms with Gasteiger partial charge >= 0.3 is 0 Å². The first-order valence-corrected chi connectivity index (χ1v) is 12.1. The van der Waals surface area contributed by atoms with Crippen molar-refractivity contribution in [3.05, 3.63) is 35.4 Å². The van der Waals surface area contributed by atoms with Crippen LogP contribution in [0.4, 0.5) is 0 Å². The maximum absolute atomic E-state index is 12.6. The zero-order valence-corrected chi connectivity index (χ0v) is 19.4. The molecule has 1 atom stereocenters. The lowest BCUT2D eigenvalue weighted by Crippen LogP contribution is -2.40. The average molecular weight is 429 g/mol. The van der Waals surface area contributed by atoms with E-state index in [4.69, 9.17) is 4.74 Å². The number of guanidine groups is 1. The molecule has 0 saturated heterocycles. The van der Waals surface area contributed by atoms with Gasteiger partial charge in [0.1, 0.15) is 0 Å². The Hall–Kier alpha value is -2.08. The van der Waals surface area contributed by atoms with Crippen molar-refractivity contribution in [1.82, 2.24) is 15.5 Å². The van der Waals surface area contributed by atoms with Crippen molar-refractivity contribution in [2.75, 3.05) is 33.3 Å². The van der Waals surface area contributed by atoms with Gasteiger partial charge in [-0.2, -0.15) is 0 Å². The van der Waals surface area contributed by atoms with Crippen LogP contribution in [0.5, 0.6) is 0 Å². The number of amides is 1. The normalized spacial score (nSPS) is 18.0. The molecular formula is C25H40N4O2. The predicted octanol–water partition coefficient (Wildman–Crippen LogP) is 3.50. The zero-order valence-electron chi connectivity index (χ0n) is 19.4. The first-order valence-electron chi connectivity index (χ1n) is 12.1. The molecular weight excluding hydrogens is 388 g/mol. The van der Waals surface area contributed by atoms with Gasteiger partial charge in [-0.25, -0.2) is 0 Å². The fraction of sp³-hybridized carbons (Fsp3) is 0.680. The van der Waals surface area contributed by atoms with Crippen LogP contribution >= 0.6 is 0 Å². The number of carbonyl (C=O) groups excluding carboxylic acids is 1. The summed E-state index contributed by atoms with van der Waals surface area (Å²) in [6.45, 7) is 6.03. The van der Waals surface area contributed by atoms with Crippen LogP contribution in [-0.2, 0) is 22.5 Å². The molecule has 3 rings (SSSR count).